The van der Waals surface area contributed by atoms with E-state index in [2.05, 4.69) is 13.8 Å². The topological polar surface area (TPSA) is 35.2 Å². The summed E-state index contributed by atoms with van der Waals surface area (Å²) < 4.78 is 5.81. The van der Waals surface area contributed by atoms with Crippen LogP contribution in [-0.2, 0) is 4.74 Å². The monoisotopic (exact) mass is 227 g/mol. The van der Waals surface area contributed by atoms with Crippen LogP contribution in [0.25, 0.3) is 0 Å². The van der Waals surface area contributed by atoms with Gasteiger partial charge < -0.3 is 10.5 Å². The van der Waals surface area contributed by atoms with Crippen molar-refractivity contribution in [2.24, 2.45) is 11.7 Å². The average molecular weight is 227 g/mol. The predicted molar refractivity (Wildman–Crippen MR) is 69.5 cm³/mol. The molecule has 1 saturated carbocycles. The van der Waals surface area contributed by atoms with Crippen molar-refractivity contribution in [3.63, 3.8) is 0 Å². The van der Waals surface area contributed by atoms with Crippen LogP contribution in [0.5, 0.6) is 0 Å². The summed E-state index contributed by atoms with van der Waals surface area (Å²) in [6.07, 6.45) is 10.7. The maximum atomic E-state index is 6.41. The van der Waals surface area contributed by atoms with Crippen LogP contribution < -0.4 is 5.73 Å². The van der Waals surface area contributed by atoms with E-state index in [1.807, 2.05) is 0 Å². The van der Waals surface area contributed by atoms with Crippen LogP contribution in [-0.4, -0.2) is 18.8 Å². The Morgan fingerprint density at radius 1 is 1.12 bits per heavy atom. The van der Waals surface area contributed by atoms with Gasteiger partial charge in [0.25, 0.3) is 0 Å². The molecule has 0 aromatic rings. The highest BCUT2D eigenvalue weighted by Crippen LogP contribution is 2.27. The highest BCUT2D eigenvalue weighted by atomic mass is 16.5. The Kier molecular flexibility index (Phi) is 7.06. The van der Waals surface area contributed by atoms with Gasteiger partial charge in [0.05, 0.1) is 6.10 Å². The fraction of sp³-hybridized carbons (Fsp3) is 1.00. The van der Waals surface area contributed by atoms with Crippen molar-refractivity contribution < 1.29 is 4.74 Å². The molecule has 1 fully saturated rings. The maximum absolute atomic E-state index is 6.41. The maximum Gasteiger partial charge on any atom is 0.0728 e. The van der Waals surface area contributed by atoms with Gasteiger partial charge in [0.2, 0.25) is 0 Å². The summed E-state index contributed by atoms with van der Waals surface area (Å²) in [5, 5.41) is 0. The first-order valence-corrected chi connectivity index (χ1v) is 7.16. The standard InChI is InChI=1S/C14H29NO/c1-3-9-13(16-4-2)14(15)12-10-7-5-6-8-11-12/h12-14H,3-11,15H2,1-2H3. The van der Waals surface area contributed by atoms with E-state index in [1.54, 1.807) is 0 Å². The molecule has 1 rings (SSSR count). The van der Waals surface area contributed by atoms with E-state index in [4.69, 9.17) is 10.5 Å². The van der Waals surface area contributed by atoms with Crippen LogP contribution in [0.3, 0.4) is 0 Å². The lowest BCUT2D eigenvalue weighted by atomic mass is 9.87. The van der Waals surface area contributed by atoms with E-state index in [1.165, 1.54) is 44.9 Å². The van der Waals surface area contributed by atoms with Crippen LogP contribution in [0.2, 0.25) is 0 Å². The van der Waals surface area contributed by atoms with E-state index in [0.717, 1.165) is 13.0 Å². The van der Waals surface area contributed by atoms with Gasteiger partial charge in [-0.1, -0.05) is 39.0 Å². The molecule has 1 aliphatic rings. The number of rotatable bonds is 6. The molecule has 0 bridgehead atoms. The van der Waals surface area contributed by atoms with Gasteiger partial charge in [-0.3, -0.25) is 0 Å². The third-order valence-electron chi connectivity index (χ3n) is 3.83. The van der Waals surface area contributed by atoms with Crippen LogP contribution in [0.15, 0.2) is 0 Å². The SMILES string of the molecule is CCCC(OCC)C(N)C1CCCCCC1. The van der Waals surface area contributed by atoms with Crippen LogP contribution >= 0.6 is 0 Å². The molecule has 0 aliphatic heterocycles. The third-order valence-corrected chi connectivity index (χ3v) is 3.83. The molecule has 16 heavy (non-hydrogen) atoms. The van der Waals surface area contributed by atoms with Gasteiger partial charge in [-0.15, -0.1) is 0 Å². The molecule has 0 amide bonds. The quantitative estimate of drug-likeness (QED) is 0.705. The highest BCUT2D eigenvalue weighted by Gasteiger charge is 2.26. The summed E-state index contributed by atoms with van der Waals surface area (Å²) in [6, 6.07) is 0.262. The van der Waals surface area contributed by atoms with Crippen molar-refractivity contribution in [2.45, 2.75) is 77.4 Å². The lowest BCUT2D eigenvalue weighted by Crippen LogP contribution is -2.42. The molecule has 0 saturated heterocycles. The van der Waals surface area contributed by atoms with Gasteiger partial charge in [0.15, 0.2) is 0 Å². The molecule has 1 aliphatic carbocycles. The minimum absolute atomic E-state index is 0.262. The molecule has 0 heterocycles. The van der Waals surface area contributed by atoms with Gasteiger partial charge in [-0.2, -0.15) is 0 Å². The normalized spacial score (nSPS) is 22.7. The summed E-state index contributed by atoms with van der Waals surface area (Å²) in [7, 11) is 0. The Balaban J connectivity index is 2.46. The molecule has 2 unspecified atom stereocenters. The first-order chi connectivity index (χ1) is 7.79. The Labute approximate surface area is 101 Å². The summed E-state index contributed by atoms with van der Waals surface area (Å²) in [6.45, 7) is 5.08. The van der Waals surface area contributed by atoms with Crippen molar-refractivity contribution in [1.82, 2.24) is 0 Å². The lowest BCUT2D eigenvalue weighted by molar-refractivity contribution is 0.0209. The number of ether oxygens (including phenoxy) is 1. The number of nitrogens with two attached hydrogens (primary N) is 1. The van der Waals surface area contributed by atoms with Gasteiger partial charge in [-0.25, -0.2) is 0 Å². The van der Waals surface area contributed by atoms with Crippen molar-refractivity contribution in [3.8, 4) is 0 Å². The van der Waals surface area contributed by atoms with Crippen molar-refractivity contribution in [2.75, 3.05) is 6.61 Å². The van der Waals surface area contributed by atoms with E-state index in [9.17, 15) is 0 Å². The molecule has 2 heteroatoms. The van der Waals surface area contributed by atoms with Gasteiger partial charge >= 0.3 is 0 Å². The molecular weight excluding hydrogens is 198 g/mol. The molecule has 0 spiro atoms. The summed E-state index contributed by atoms with van der Waals surface area (Å²) in [5.74, 6) is 0.700. The first-order valence-electron chi connectivity index (χ1n) is 7.16. The minimum atomic E-state index is 0.262. The minimum Gasteiger partial charge on any atom is -0.377 e. The third kappa shape index (κ3) is 4.42. The number of hydrogen-bond donors (Lipinski definition) is 1. The fourth-order valence-corrected chi connectivity index (χ4v) is 2.88. The molecule has 0 aromatic heterocycles. The Bertz CT molecular complexity index is 156. The highest BCUT2D eigenvalue weighted by molar-refractivity contribution is 4.82. The van der Waals surface area contributed by atoms with Gasteiger partial charge in [-0.05, 0) is 32.1 Å². The zero-order valence-corrected chi connectivity index (χ0v) is 11.1. The summed E-state index contributed by atoms with van der Waals surface area (Å²) in [5.41, 5.74) is 6.41. The van der Waals surface area contributed by atoms with Crippen molar-refractivity contribution in [3.05, 3.63) is 0 Å². The largest absolute Gasteiger partial charge is 0.377 e. The number of hydrogen-bond acceptors (Lipinski definition) is 2. The predicted octanol–water partition coefficient (Wildman–Crippen LogP) is 3.49. The zero-order chi connectivity index (χ0) is 11.8. The Morgan fingerprint density at radius 3 is 2.25 bits per heavy atom. The first kappa shape index (κ1) is 14.0. The van der Waals surface area contributed by atoms with E-state index >= 15 is 0 Å². The van der Waals surface area contributed by atoms with Crippen molar-refractivity contribution >= 4 is 0 Å². The lowest BCUT2D eigenvalue weighted by Gasteiger charge is -2.30. The van der Waals surface area contributed by atoms with Gasteiger partial charge in [0.1, 0.15) is 0 Å². The summed E-state index contributed by atoms with van der Waals surface area (Å²) in [4.78, 5) is 0. The van der Waals surface area contributed by atoms with Crippen LogP contribution in [0.1, 0.15) is 65.2 Å². The molecular formula is C14H29NO. The Morgan fingerprint density at radius 2 is 1.75 bits per heavy atom. The van der Waals surface area contributed by atoms with E-state index in [0.29, 0.717) is 5.92 Å². The molecule has 2 atom stereocenters. The van der Waals surface area contributed by atoms with E-state index in [-0.39, 0.29) is 12.1 Å². The average Bonchev–Trinajstić information content (AvgIpc) is 2.56. The second kappa shape index (κ2) is 8.08. The molecule has 96 valence electrons. The fourth-order valence-electron chi connectivity index (χ4n) is 2.88. The van der Waals surface area contributed by atoms with Crippen LogP contribution in [0.4, 0.5) is 0 Å². The molecule has 2 nitrogen and oxygen atoms in total. The summed E-state index contributed by atoms with van der Waals surface area (Å²) >= 11 is 0. The zero-order valence-electron chi connectivity index (χ0n) is 11.1. The molecule has 0 aromatic carbocycles. The van der Waals surface area contributed by atoms with Crippen molar-refractivity contribution in [1.29, 1.82) is 0 Å². The van der Waals surface area contributed by atoms with Gasteiger partial charge in [0, 0.05) is 12.6 Å². The second-order valence-electron chi connectivity index (χ2n) is 5.11. The Hall–Kier alpha value is -0.0800. The van der Waals surface area contributed by atoms with Crippen LogP contribution in [0, 0.1) is 5.92 Å². The van der Waals surface area contributed by atoms with E-state index < -0.39 is 0 Å². The molecule has 2 N–H and O–H groups in total. The second-order valence-corrected chi connectivity index (χ2v) is 5.11. The smallest absolute Gasteiger partial charge is 0.0728 e. The molecule has 0 radical (unpaired) electrons.